The highest BCUT2D eigenvalue weighted by atomic mass is 79.9. The van der Waals surface area contributed by atoms with Crippen LogP contribution in [0.4, 0.5) is 28.9 Å². The summed E-state index contributed by atoms with van der Waals surface area (Å²) in [5, 5.41) is -0.363. The van der Waals surface area contributed by atoms with Gasteiger partial charge in [0, 0.05) is 31.4 Å². The highest BCUT2D eigenvalue weighted by Gasteiger charge is 2.40. The number of anilines is 2. The maximum absolute atomic E-state index is 15.2. The van der Waals surface area contributed by atoms with Crippen molar-refractivity contribution < 1.29 is 27.1 Å². The molecular weight excluding hydrogens is 598 g/mol. The molecule has 200 valence electrons. The number of nitrogens with zero attached hydrogens (tertiary/aromatic N) is 4. The van der Waals surface area contributed by atoms with Crippen LogP contribution in [0.2, 0.25) is 5.02 Å². The Bertz CT molecular complexity index is 1540. The molecule has 1 unspecified atom stereocenters. The molecule has 14 heteroatoms. The Morgan fingerprint density at radius 2 is 2.03 bits per heavy atom. The van der Waals surface area contributed by atoms with Gasteiger partial charge in [-0.2, -0.15) is 13.2 Å². The zero-order valence-corrected chi connectivity index (χ0v) is 21.8. The van der Waals surface area contributed by atoms with Crippen molar-refractivity contribution in [1.82, 2.24) is 14.5 Å². The second-order valence-electron chi connectivity index (χ2n) is 8.79. The average Bonchev–Trinajstić information content (AvgIpc) is 3.06. The molecule has 8 nitrogen and oxygen atoms in total. The van der Waals surface area contributed by atoms with Gasteiger partial charge in [-0.1, -0.05) is 18.2 Å². The molecule has 1 fully saturated rings. The van der Waals surface area contributed by atoms with Crippen LogP contribution in [0, 0.1) is 5.82 Å². The lowest BCUT2D eigenvalue weighted by Gasteiger charge is -2.41. The van der Waals surface area contributed by atoms with E-state index < -0.39 is 34.6 Å². The first kappa shape index (κ1) is 26.3. The summed E-state index contributed by atoms with van der Waals surface area (Å²) in [6.45, 7) is 4.57. The molecule has 1 amide bonds. The summed E-state index contributed by atoms with van der Waals surface area (Å²) in [7, 11) is 0. The topological polar surface area (TPSA) is 93.7 Å². The van der Waals surface area contributed by atoms with E-state index >= 15 is 4.39 Å². The summed E-state index contributed by atoms with van der Waals surface area (Å²) in [5.41, 5.74) is 1.68. The van der Waals surface area contributed by atoms with Crippen molar-refractivity contribution in [1.29, 1.82) is 0 Å². The highest BCUT2D eigenvalue weighted by Crippen LogP contribution is 2.43. The minimum absolute atomic E-state index is 0.119. The number of halogens is 6. The van der Waals surface area contributed by atoms with E-state index in [0.717, 1.165) is 12.1 Å². The molecule has 3 aromatic rings. The van der Waals surface area contributed by atoms with Crippen LogP contribution in [0.15, 0.2) is 40.3 Å². The van der Waals surface area contributed by atoms with Gasteiger partial charge in [-0.25, -0.2) is 9.37 Å². The van der Waals surface area contributed by atoms with Gasteiger partial charge in [-0.15, -0.1) is 0 Å². The Labute approximate surface area is 226 Å². The lowest BCUT2D eigenvalue weighted by molar-refractivity contribution is -0.142. The molecule has 4 heterocycles. The Kier molecular flexibility index (Phi) is 6.54. The average molecular weight is 617 g/mol. The van der Waals surface area contributed by atoms with E-state index in [1.807, 2.05) is 4.90 Å². The standard InChI is InChI=1S/C24H19BrClF4N5O3/c1-2-17(36)33-4-5-34-11(10-33)3-6-38-15-9-32-20-12(21(15)34)7-16(24(28,29)30)35(23(20)37)22-18(27)13(25)8-14(26)19(22)31/h2,7-9,11H,1,3-6,10,31H2. The van der Waals surface area contributed by atoms with Gasteiger partial charge in [0.1, 0.15) is 16.9 Å². The van der Waals surface area contributed by atoms with Crippen molar-refractivity contribution in [3.05, 3.63) is 62.3 Å². The predicted molar refractivity (Wildman–Crippen MR) is 137 cm³/mol. The fourth-order valence-corrected chi connectivity index (χ4v) is 5.65. The van der Waals surface area contributed by atoms with Gasteiger partial charge in [0.25, 0.3) is 5.56 Å². The number of pyridine rings is 2. The van der Waals surface area contributed by atoms with E-state index in [0.29, 0.717) is 13.0 Å². The van der Waals surface area contributed by atoms with Crippen molar-refractivity contribution in [2.75, 3.05) is 36.9 Å². The lowest BCUT2D eigenvalue weighted by atomic mass is 10.1. The van der Waals surface area contributed by atoms with Gasteiger partial charge < -0.3 is 20.3 Å². The Morgan fingerprint density at radius 1 is 1.29 bits per heavy atom. The first-order valence-electron chi connectivity index (χ1n) is 11.3. The van der Waals surface area contributed by atoms with Gasteiger partial charge >= 0.3 is 6.18 Å². The van der Waals surface area contributed by atoms with E-state index in [2.05, 4.69) is 27.5 Å². The van der Waals surface area contributed by atoms with Crippen LogP contribution in [0.5, 0.6) is 5.75 Å². The molecule has 0 spiro atoms. The summed E-state index contributed by atoms with van der Waals surface area (Å²) in [6.07, 6.45) is -2.16. The molecule has 5 rings (SSSR count). The van der Waals surface area contributed by atoms with Gasteiger partial charge in [0.05, 0.1) is 39.7 Å². The number of piperazine rings is 1. The minimum Gasteiger partial charge on any atom is -0.490 e. The third-order valence-corrected chi connectivity index (χ3v) is 7.53. The van der Waals surface area contributed by atoms with Crippen LogP contribution < -0.4 is 20.9 Å². The van der Waals surface area contributed by atoms with E-state index in [4.69, 9.17) is 22.1 Å². The largest absolute Gasteiger partial charge is 0.490 e. The predicted octanol–water partition coefficient (Wildman–Crippen LogP) is 4.53. The summed E-state index contributed by atoms with van der Waals surface area (Å²) >= 11 is 8.93. The zero-order chi connectivity index (χ0) is 27.5. The molecule has 1 atom stereocenters. The number of hydrogen-bond donors (Lipinski definition) is 1. The van der Waals surface area contributed by atoms with Crippen LogP contribution >= 0.6 is 27.5 Å². The van der Waals surface area contributed by atoms with Crippen molar-refractivity contribution >= 4 is 55.7 Å². The maximum atomic E-state index is 15.2. The van der Waals surface area contributed by atoms with Crippen LogP contribution in [0.1, 0.15) is 12.1 Å². The summed E-state index contributed by atoms with van der Waals surface area (Å²) in [4.78, 5) is 33.3. The quantitative estimate of drug-likeness (QED) is 0.197. The monoisotopic (exact) mass is 615 g/mol. The molecule has 1 aromatic carbocycles. The summed E-state index contributed by atoms with van der Waals surface area (Å²) < 4.78 is 64.2. The maximum Gasteiger partial charge on any atom is 0.431 e. The molecule has 1 saturated heterocycles. The molecule has 0 saturated carbocycles. The number of aromatic nitrogens is 2. The third-order valence-electron chi connectivity index (χ3n) is 6.64. The van der Waals surface area contributed by atoms with Crippen LogP contribution in [-0.2, 0) is 11.0 Å². The number of hydrogen-bond acceptors (Lipinski definition) is 6. The normalized spacial score (nSPS) is 17.5. The van der Waals surface area contributed by atoms with Crippen molar-refractivity contribution in [2.24, 2.45) is 0 Å². The zero-order valence-electron chi connectivity index (χ0n) is 19.5. The van der Waals surface area contributed by atoms with E-state index in [9.17, 15) is 22.8 Å². The van der Waals surface area contributed by atoms with E-state index in [-0.39, 0.29) is 68.0 Å². The molecular formula is C24H19BrClF4N5O3. The van der Waals surface area contributed by atoms with Gasteiger partial charge in [-0.05, 0) is 34.1 Å². The molecule has 2 aliphatic heterocycles. The second-order valence-corrected chi connectivity index (χ2v) is 10.1. The number of ether oxygens (including phenoxy) is 1. The number of benzene rings is 1. The SMILES string of the molecule is C=CC(=O)N1CCN2c3c(cnc4c(=O)n(-c5c(N)c(Cl)cc(Br)c5F)c(C(F)(F)F)cc34)OCCC2C1. The number of nitrogens with two attached hydrogens (primary N) is 1. The molecule has 0 bridgehead atoms. The van der Waals surface area contributed by atoms with Crippen molar-refractivity contribution in [3.8, 4) is 11.4 Å². The number of amides is 1. The molecule has 2 aliphatic rings. The van der Waals surface area contributed by atoms with E-state index in [1.165, 1.54) is 12.3 Å². The molecule has 2 aromatic heterocycles. The minimum atomic E-state index is -5.09. The number of rotatable bonds is 2. The summed E-state index contributed by atoms with van der Waals surface area (Å²) in [6, 6.07) is 1.53. The Hall–Kier alpha value is -3.32. The lowest BCUT2D eigenvalue weighted by Crippen LogP contribution is -2.54. The smallest absolute Gasteiger partial charge is 0.431 e. The van der Waals surface area contributed by atoms with E-state index in [1.54, 1.807) is 4.90 Å². The van der Waals surface area contributed by atoms with Gasteiger partial charge in [0.2, 0.25) is 5.91 Å². The first-order chi connectivity index (χ1) is 17.9. The van der Waals surface area contributed by atoms with Crippen LogP contribution in [-0.4, -0.2) is 52.6 Å². The van der Waals surface area contributed by atoms with Crippen molar-refractivity contribution in [3.63, 3.8) is 0 Å². The first-order valence-corrected chi connectivity index (χ1v) is 12.5. The van der Waals surface area contributed by atoms with Crippen LogP contribution in [0.3, 0.4) is 0 Å². The fourth-order valence-electron chi connectivity index (χ4n) is 4.90. The fraction of sp³-hybridized carbons (Fsp3) is 0.292. The van der Waals surface area contributed by atoms with Crippen molar-refractivity contribution in [2.45, 2.75) is 18.6 Å². The highest BCUT2D eigenvalue weighted by molar-refractivity contribution is 9.10. The molecule has 38 heavy (non-hydrogen) atoms. The number of fused-ring (bicyclic) bond motifs is 5. The Morgan fingerprint density at radius 3 is 2.71 bits per heavy atom. The second kappa shape index (κ2) is 9.45. The number of carbonyl (C=O) groups is 1. The Balaban J connectivity index is 1.80. The summed E-state index contributed by atoms with van der Waals surface area (Å²) in [5.74, 6) is -1.26. The van der Waals surface area contributed by atoms with Gasteiger partial charge in [0.15, 0.2) is 11.6 Å². The molecule has 0 radical (unpaired) electrons. The number of nitrogen functional groups attached to an aromatic ring is 1. The van der Waals surface area contributed by atoms with Gasteiger partial charge in [-0.3, -0.25) is 14.2 Å². The van der Waals surface area contributed by atoms with Crippen LogP contribution in [0.25, 0.3) is 16.6 Å². The third kappa shape index (κ3) is 4.17. The number of carbonyl (C=O) groups excluding carboxylic acids is 1. The molecule has 0 aliphatic carbocycles. The number of alkyl halides is 3. The molecule has 2 N–H and O–H groups in total.